The Kier molecular flexibility index (Phi) is 6.22. The fourth-order valence-electron chi connectivity index (χ4n) is 2.13. The summed E-state index contributed by atoms with van der Waals surface area (Å²) in [4.78, 5) is 11.8. The highest BCUT2D eigenvalue weighted by atomic mass is 32.2. The van der Waals surface area contributed by atoms with Crippen LogP contribution < -0.4 is 5.32 Å². The van der Waals surface area contributed by atoms with Gasteiger partial charge in [0.1, 0.15) is 0 Å². The van der Waals surface area contributed by atoms with Crippen molar-refractivity contribution in [1.82, 2.24) is 9.62 Å². The van der Waals surface area contributed by atoms with Crippen molar-refractivity contribution in [1.29, 1.82) is 0 Å². The number of amides is 1. The van der Waals surface area contributed by atoms with Crippen LogP contribution in [0, 0.1) is 5.92 Å². The van der Waals surface area contributed by atoms with Crippen LogP contribution in [0.5, 0.6) is 0 Å². The van der Waals surface area contributed by atoms with Crippen LogP contribution in [0.4, 0.5) is 0 Å². The van der Waals surface area contributed by atoms with E-state index in [2.05, 4.69) is 5.32 Å². The predicted molar refractivity (Wildman–Crippen MR) is 73.1 cm³/mol. The first-order valence-electron chi connectivity index (χ1n) is 6.80. The van der Waals surface area contributed by atoms with Gasteiger partial charge in [-0.1, -0.05) is 0 Å². The Morgan fingerprint density at radius 2 is 2.00 bits per heavy atom. The summed E-state index contributed by atoms with van der Waals surface area (Å²) in [5.41, 5.74) is 0. The van der Waals surface area contributed by atoms with E-state index in [1.165, 1.54) is 4.31 Å². The fraction of sp³-hybridized carbons (Fsp3) is 0.917. The maximum Gasteiger partial charge on any atom is 0.223 e. The third kappa shape index (κ3) is 5.08. The minimum absolute atomic E-state index is 0.0332. The average molecular weight is 292 g/mol. The van der Waals surface area contributed by atoms with Gasteiger partial charge in [-0.25, -0.2) is 12.7 Å². The molecule has 1 atom stereocenters. The van der Waals surface area contributed by atoms with Crippen LogP contribution in [0.3, 0.4) is 0 Å². The van der Waals surface area contributed by atoms with E-state index in [0.29, 0.717) is 38.9 Å². The lowest BCUT2D eigenvalue weighted by molar-refractivity contribution is -0.126. The van der Waals surface area contributed by atoms with Gasteiger partial charge in [-0.2, -0.15) is 0 Å². The number of carbonyl (C=O) groups excluding carboxylic acids is 1. The average Bonchev–Trinajstić information content (AvgIpc) is 2.38. The van der Waals surface area contributed by atoms with Crippen molar-refractivity contribution in [2.75, 3.05) is 25.4 Å². The zero-order valence-corrected chi connectivity index (χ0v) is 12.4. The molecule has 0 bridgehead atoms. The van der Waals surface area contributed by atoms with E-state index < -0.39 is 16.1 Å². The summed E-state index contributed by atoms with van der Waals surface area (Å²) in [5.74, 6) is -0.0374. The molecule has 112 valence electrons. The molecule has 1 rings (SSSR count). The Labute approximate surface area is 115 Å². The van der Waals surface area contributed by atoms with Gasteiger partial charge in [0.25, 0.3) is 0 Å². The number of rotatable bonds is 6. The molecule has 1 aliphatic rings. The molecule has 1 aliphatic heterocycles. The Morgan fingerprint density at radius 3 is 2.47 bits per heavy atom. The lowest BCUT2D eigenvalue weighted by Crippen LogP contribution is -2.43. The maximum atomic E-state index is 11.8. The number of nitrogens with one attached hydrogen (secondary N) is 1. The summed E-state index contributed by atoms with van der Waals surface area (Å²) in [6, 6.07) is 0. The molecule has 1 heterocycles. The summed E-state index contributed by atoms with van der Waals surface area (Å²) in [7, 11) is -3.13. The molecular formula is C12H24N2O4S. The monoisotopic (exact) mass is 292 g/mol. The van der Waals surface area contributed by atoms with E-state index in [1.54, 1.807) is 13.8 Å². The lowest BCUT2D eigenvalue weighted by Gasteiger charge is -2.30. The Morgan fingerprint density at radius 1 is 1.42 bits per heavy atom. The summed E-state index contributed by atoms with van der Waals surface area (Å²) in [5, 5.41) is 11.9. The van der Waals surface area contributed by atoms with Gasteiger partial charge in [-0.15, -0.1) is 0 Å². The van der Waals surface area contributed by atoms with Gasteiger partial charge >= 0.3 is 0 Å². The number of aliphatic hydroxyl groups excluding tert-OH is 1. The molecule has 1 saturated heterocycles. The minimum atomic E-state index is -3.13. The molecule has 0 aromatic rings. The second-order valence-electron chi connectivity index (χ2n) is 5.00. The van der Waals surface area contributed by atoms with Crippen LogP contribution in [0.1, 0.15) is 33.1 Å². The number of piperidine rings is 1. The fourth-order valence-corrected chi connectivity index (χ4v) is 3.26. The second kappa shape index (κ2) is 7.21. The van der Waals surface area contributed by atoms with E-state index in [4.69, 9.17) is 5.11 Å². The SMILES string of the molecule is CCS(=O)(=O)N1CCC(C(=O)NCCC(C)O)CC1. The zero-order valence-electron chi connectivity index (χ0n) is 11.6. The maximum absolute atomic E-state index is 11.8. The Balaban J connectivity index is 2.35. The zero-order chi connectivity index (χ0) is 14.5. The van der Waals surface area contributed by atoms with Gasteiger partial charge in [0, 0.05) is 25.6 Å². The molecule has 0 saturated carbocycles. The van der Waals surface area contributed by atoms with Crippen molar-refractivity contribution in [2.45, 2.75) is 39.2 Å². The number of carbonyl (C=O) groups is 1. The van der Waals surface area contributed by atoms with Crippen molar-refractivity contribution in [2.24, 2.45) is 5.92 Å². The normalized spacial score (nSPS) is 20.2. The largest absolute Gasteiger partial charge is 0.393 e. The molecule has 1 amide bonds. The van der Waals surface area contributed by atoms with Crippen molar-refractivity contribution < 1.29 is 18.3 Å². The van der Waals surface area contributed by atoms with Gasteiger partial charge in [0.2, 0.25) is 15.9 Å². The molecule has 7 heteroatoms. The summed E-state index contributed by atoms with van der Waals surface area (Å²) in [6.45, 7) is 4.61. The van der Waals surface area contributed by atoms with Crippen LogP contribution in [-0.2, 0) is 14.8 Å². The number of sulfonamides is 1. The van der Waals surface area contributed by atoms with Gasteiger partial charge in [0.15, 0.2) is 0 Å². The van der Waals surface area contributed by atoms with Gasteiger partial charge < -0.3 is 10.4 Å². The molecule has 2 N–H and O–H groups in total. The summed E-state index contributed by atoms with van der Waals surface area (Å²) < 4.78 is 24.8. The molecule has 0 aromatic carbocycles. The topological polar surface area (TPSA) is 86.7 Å². The van der Waals surface area contributed by atoms with Gasteiger partial charge in [-0.3, -0.25) is 4.79 Å². The lowest BCUT2D eigenvalue weighted by atomic mass is 9.97. The molecule has 0 spiro atoms. The third-order valence-corrected chi connectivity index (χ3v) is 5.33. The van der Waals surface area contributed by atoms with E-state index >= 15 is 0 Å². The minimum Gasteiger partial charge on any atom is -0.393 e. The molecular weight excluding hydrogens is 268 g/mol. The van der Waals surface area contributed by atoms with Crippen molar-refractivity contribution >= 4 is 15.9 Å². The Bertz CT molecular complexity index is 387. The molecule has 19 heavy (non-hydrogen) atoms. The third-order valence-electron chi connectivity index (χ3n) is 3.44. The van der Waals surface area contributed by atoms with E-state index in [-0.39, 0.29) is 17.6 Å². The van der Waals surface area contributed by atoms with Crippen LogP contribution in [0.25, 0.3) is 0 Å². The first-order chi connectivity index (χ1) is 8.86. The van der Waals surface area contributed by atoms with Crippen LogP contribution in [0.2, 0.25) is 0 Å². The molecule has 0 radical (unpaired) electrons. The van der Waals surface area contributed by atoms with Gasteiger partial charge in [-0.05, 0) is 33.1 Å². The van der Waals surface area contributed by atoms with Crippen molar-refractivity contribution in [3.8, 4) is 0 Å². The number of hydrogen-bond acceptors (Lipinski definition) is 4. The quantitative estimate of drug-likeness (QED) is 0.718. The highest BCUT2D eigenvalue weighted by Crippen LogP contribution is 2.19. The number of hydrogen-bond donors (Lipinski definition) is 2. The highest BCUT2D eigenvalue weighted by molar-refractivity contribution is 7.89. The molecule has 0 aliphatic carbocycles. The van der Waals surface area contributed by atoms with Crippen LogP contribution >= 0.6 is 0 Å². The van der Waals surface area contributed by atoms with E-state index in [9.17, 15) is 13.2 Å². The molecule has 6 nitrogen and oxygen atoms in total. The predicted octanol–water partition coefficient (Wildman–Crippen LogP) is -0.0648. The molecule has 1 fully saturated rings. The Hall–Kier alpha value is -0.660. The summed E-state index contributed by atoms with van der Waals surface area (Å²) in [6.07, 6.45) is 1.26. The number of aliphatic hydroxyl groups is 1. The number of nitrogens with zero attached hydrogens (tertiary/aromatic N) is 1. The van der Waals surface area contributed by atoms with Gasteiger partial charge in [0.05, 0.1) is 11.9 Å². The molecule has 1 unspecified atom stereocenters. The highest BCUT2D eigenvalue weighted by Gasteiger charge is 2.29. The first-order valence-corrected chi connectivity index (χ1v) is 8.41. The smallest absolute Gasteiger partial charge is 0.223 e. The van der Waals surface area contributed by atoms with Crippen LogP contribution in [0.15, 0.2) is 0 Å². The standard InChI is InChI=1S/C12H24N2O4S/c1-3-19(17,18)14-8-5-11(6-9-14)12(16)13-7-4-10(2)15/h10-11,15H,3-9H2,1-2H3,(H,13,16). The van der Waals surface area contributed by atoms with Crippen molar-refractivity contribution in [3.05, 3.63) is 0 Å². The van der Waals surface area contributed by atoms with Crippen molar-refractivity contribution in [3.63, 3.8) is 0 Å². The van der Waals surface area contributed by atoms with E-state index in [1.807, 2.05) is 0 Å². The van der Waals surface area contributed by atoms with Crippen LogP contribution in [-0.4, -0.2) is 55.2 Å². The first kappa shape index (κ1) is 16.4. The second-order valence-corrected chi connectivity index (χ2v) is 7.26. The summed E-state index contributed by atoms with van der Waals surface area (Å²) >= 11 is 0. The van der Waals surface area contributed by atoms with E-state index in [0.717, 1.165) is 0 Å². The molecule has 0 aromatic heterocycles.